The van der Waals surface area contributed by atoms with Gasteiger partial charge in [0.05, 0.1) is 0 Å². The third-order valence-electron chi connectivity index (χ3n) is 4.40. The summed E-state index contributed by atoms with van der Waals surface area (Å²) >= 11 is 0. The van der Waals surface area contributed by atoms with Crippen molar-refractivity contribution in [1.29, 1.82) is 0 Å². The van der Waals surface area contributed by atoms with Crippen molar-refractivity contribution in [3.05, 3.63) is 29.8 Å². The minimum atomic E-state index is -0.647. The van der Waals surface area contributed by atoms with E-state index in [-0.39, 0.29) is 6.04 Å². The molecule has 1 N–H and O–H groups in total. The average Bonchev–Trinajstić information content (AvgIpc) is 2.83. The van der Waals surface area contributed by atoms with Crippen molar-refractivity contribution in [1.82, 2.24) is 0 Å². The SMILES string of the molecule is O=C(O)C1C2CC2C2Cc3ccccc3N21. The predicted octanol–water partition coefficient (Wildman–Crippen LogP) is 1.52. The summed E-state index contributed by atoms with van der Waals surface area (Å²) in [5.41, 5.74) is 2.48. The molecule has 0 spiro atoms. The Hall–Kier alpha value is -1.51. The Bertz CT molecular complexity index is 485. The number of nitrogens with zero attached hydrogens (tertiary/aromatic N) is 1. The second-order valence-electron chi connectivity index (χ2n) is 5.15. The molecule has 1 saturated carbocycles. The second kappa shape index (κ2) is 2.59. The Labute approximate surface area is 93.7 Å². The summed E-state index contributed by atoms with van der Waals surface area (Å²) in [7, 11) is 0. The minimum Gasteiger partial charge on any atom is -0.480 e. The van der Waals surface area contributed by atoms with Crippen molar-refractivity contribution in [3.63, 3.8) is 0 Å². The van der Waals surface area contributed by atoms with Crippen LogP contribution in [0.25, 0.3) is 0 Å². The topological polar surface area (TPSA) is 40.5 Å². The van der Waals surface area contributed by atoms with Crippen molar-refractivity contribution in [2.45, 2.75) is 24.9 Å². The summed E-state index contributed by atoms with van der Waals surface area (Å²) in [5, 5.41) is 9.34. The Morgan fingerprint density at radius 1 is 1.31 bits per heavy atom. The van der Waals surface area contributed by atoms with Crippen LogP contribution >= 0.6 is 0 Å². The van der Waals surface area contributed by atoms with Gasteiger partial charge in [0.2, 0.25) is 0 Å². The number of hydrogen-bond acceptors (Lipinski definition) is 2. The highest BCUT2D eigenvalue weighted by Gasteiger charge is 2.63. The summed E-state index contributed by atoms with van der Waals surface area (Å²) in [5.74, 6) is 0.399. The summed E-state index contributed by atoms with van der Waals surface area (Å²) in [6, 6.07) is 8.44. The third kappa shape index (κ3) is 0.872. The summed E-state index contributed by atoms with van der Waals surface area (Å²) < 4.78 is 0. The molecule has 4 rings (SSSR count). The Balaban J connectivity index is 1.83. The number of aliphatic carboxylic acids is 1. The van der Waals surface area contributed by atoms with Crippen LogP contribution in [0.5, 0.6) is 0 Å². The fraction of sp³-hybridized carbons (Fsp3) is 0.462. The number of anilines is 1. The van der Waals surface area contributed by atoms with Crippen molar-refractivity contribution in [3.8, 4) is 0 Å². The maximum Gasteiger partial charge on any atom is 0.326 e. The van der Waals surface area contributed by atoms with E-state index in [0.29, 0.717) is 17.9 Å². The molecular weight excluding hydrogens is 202 g/mol. The van der Waals surface area contributed by atoms with E-state index in [0.717, 1.165) is 18.5 Å². The Morgan fingerprint density at radius 2 is 2.12 bits per heavy atom. The molecule has 1 saturated heterocycles. The van der Waals surface area contributed by atoms with Crippen LogP contribution in [0.1, 0.15) is 12.0 Å². The molecule has 82 valence electrons. The first-order chi connectivity index (χ1) is 7.77. The molecular formula is C13H13NO2. The highest BCUT2D eigenvalue weighted by Crippen LogP contribution is 2.58. The Kier molecular flexibility index (Phi) is 1.40. The van der Waals surface area contributed by atoms with Crippen molar-refractivity contribution < 1.29 is 9.90 Å². The molecule has 2 fully saturated rings. The molecule has 1 aliphatic carbocycles. The van der Waals surface area contributed by atoms with Gasteiger partial charge in [0, 0.05) is 11.7 Å². The molecule has 3 aliphatic rings. The molecule has 4 atom stereocenters. The smallest absolute Gasteiger partial charge is 0.326 e. The van der Waals surface area contributed by atoms with Crippen LogP contribution < -0.4 is 4.90 Å². The van der Waals surface area contributed by atoms with Crippen LogP contribution in [0.15, 0.2) is 24.3 Å². The van der Waals surface area contributed by atoms with Crippen LogP contribution in [-0.4, -0.2) is 23.2 Å². The van der Waals surface area contributed by atoms with E-state index in [1.54, 1.807) is 0 Å². The lowest BCUT2D eigenvalue weighted by molar-refractivity contribution is -0.138. The molecule has 3 heteroatoms. The van der Waals surface area contributed by atoms with Gasteiger partial charge in [-0.1, -0.05) is 18.2 Å². The zero-order valence-corrected chi connectivity index (χ0v) is 8.84. The number of rotatable bonds is 1. The maximum absolute atomic E-state index is 11.3. The molecule has 0 amide bonds. The van der Waals surface area contributed by atoms with Crippen LogP contribution in [0.3, 0.4) is 0 Å². The molecule has 3 nitrogen and oxygen atoms in total. The zero-order valence-electron chi connectivity index (χ0n) is 8.84. The van der Waals surface area contributed by atoms with Gasteiger partial charge in [-0.25, -0.2) is 4.79 Å². The van der Waals surface area contributed by atoms with Gasteiger partial charge in [-0.05, 0) is 36.3 Å². The van der Waals surface area contributed by atoms with Crippen LogP contribution in [0.2, 0.25) is 0 Å². The molecule has 4 unspecified atom stereocenters. The van der Waals surface area contributed by atoms with Crippen molar-refractivity contribution >= 4 is 11.7 Å². The van der Waals surface area contributed by atoms with Crippen molar-refractivity contribution in [2.24, 2.45) is 11.8 Å². The maximum atomic E-state index is 11.3. The van der Waals surface area contributed by atoms with E-state index in [4.69, 9.17) is 0 Å². The largest absolute Gasteiger partial charge is 0.480 e. The summed E-state index contributed by atoms with van der Waals surface area (Å²) in [6.07, 6.45) is 2.16. The number of piperidine rings is 1. The molecule has 2 aliphatic heterocycles. The van der Waals surface area contributed by atoms with Gasteiger partial charge < -0.3 is 10.0 Å². The second-order valence-corrected chi connectivity index (χ2v) is 5.15. The number of benzene rings is 1. The molecule has 1 aromatic rings. The number of carboxylic acid groups (broad SMARTS) is 1. The van der Waals surface area contributed by atoms with E-state index >= 15 is 0 Å². The molecule has 0 aromatic heterocycles. The number of para-hydroxylation sites is 1. The van der Waals surface area contributed by atoms with E-state index < -0.39 is 5.97 Å². The standard InChI is InChI=1S/C13H13NO2/c15-13(16)12-9-6-8(9)11-5-7-3-1-2-4-10(7)14(11)12/h1-4,8-9,11-12H,5-6H2,(H,15,16). The van der Waals surface area contributed by atoms with Crippen molar-refractivity contribution in [2.75, 3.05) is 4.90 Å². The average molecular weight is 215 g/mol. The van der Waals surface area contributed by atoms with Gasteiger partial charge in [-0.2, -0.15) is 0 Å². The fourth-order valence-corrected chi connectivity index (χ4v) is 3.70. The van der Waals surface area contributed by atoms with Gasteiger partial charge >= 0.3 is 5.97 Å². The lowest BCUT2D eigenvalue weighted by atomic mass is 10.1. The third-order valence-corrected chi connectivity index (χ3v) is 4.40. The molecule has 0 radical (unpaired) electrons. The highest BCUT2D eigenvalue weighted by atomic mass is 16.4. The highest BCUT2D eigenvalue weighted by molar-refractivity contribution is 5.83. The van der Waals surface area contributed by atoms with E-state index in [2.05, 4.69) is 17.0 Å². The Morgan fingerprint density at radius 3 is 2.94 bits per heavy atom. The molecule has 1 aromatic carbocycles. The monoisotopic (exact) mass is 215 g/mol. The van der Waals surface area contributed by atoms with E-state index in [1.807, 2.05) is 12.1 Å². The van der Waals surface area contributed by atoms with E-state index in [9.17, 15) is 9.90 Å². The molecule has 16 heavy (non-hydrogen) atoms. The number of carbonyl (C=O) groups is 1. The predicted molar refractivity (Wildman–Crippen MR) is 59.4 cm³/mol. The molecule has 2 heterocycles. The van der Waals surface area contributed by atoms with Crippen LogP contribution in [0.4, 0.5) is 5.69 Å². The van der Waals surface area contributed by atoms with Gasteiger partial charge in [0.1, 0.15) is 6.04 Å². The first kappa shape index (κ1) is 8.62. The first-order valence-electron chi connectivity index (χ1n) is 5.86. The first-order valence-corrected chi connectivity index (χ1v) is 5.86. The minimum absolute atomic E-state index is 0.265. The van der Waals surface area contributed by atoms with Gasteiger partial charge in [-0.15, -0.1) is 0 Å². The quantitative estimate of drug-likeness (QED) is 0.772. The lowest BCUT2D eigenvalue weighted by Crippen LogP contribution is -2.42. The normalized spacial score (nSPS) is 37.9. The summed E-state index contributed by atoms with van der Waals surface area (Å²) in [4.78, 5) is 13.5. The van der Waals surface area contributed by atoms with Crippen LogP contribution in [-0.2, 0) is 11.2 Å². The number of fused-ring (bicyclic) bond motifs is 5. The fourth-order valence-electron chi connectivity index (χ4n) is 3.70. The zero-order chi connectivity index (χ0) is 10.9. The van der Waals surface area contributed by atoms with Gasteiger partial charge in [-0.3, -0.25) is 0 Å². The summed E-state index contributed by atoms with van der Waals surface area (Å²) in [6.45, 7) is 0. The number of carboxylic acids is 1. The van der Waals surface area contributed by atoms with E-state index in [1.165, 1.54) is 5.56 Å². The van der Waals surface area contributed by atoms with Gasteiger partial charge in [0.15, 0.2) is 0 Å². The van der Waals surface area contributed by atoms with Gasteiger partial charge in [0.25, 0.3) is 0 Å². The lowest BCUT2D eigenvalue weighted by Gasteiger charge is -2.27. The molecule has 0 bridgehead atoms. The number of hydrogen-bond donors (Lipinski definition) is 1. The van der Waals surface area contributed by atoms with Crippen LogP contribution in [0, 0.1) is 11.8 Å².